The van der Waals surface area contributed by atoms with E-state index in [1.54, 1.807) is 12.4 Å². The van der Waals surface area contributed by atoms with Crippen LogP contribution >= 0.6 is 0 Å². The van der Waals surface area contributed by atoms with Gasteiger partial charge in [-0.15, -0.1) is 0 Å². The second-order valence-corrected chi connectivity index (χ2v) is 9.47. The highest BCUT2D eigenvalue weighted by atomic mass is 16.1. The van der Waals surface area contributed by atoms with E-state index >= 15 is 0 Å². The van der Waals surface area contributed by atoms with E-state index < -0.39 is 0 Å². The van der Waals surface area contributed by atoms with Crippen molar-refractivity contribution in [2.45, 2.75) is 45.1 Å². The molecule has 0 aliphatic carbocycles. The van der Waals surface area contributed by atoms with Gasteiger partial charge in [-0.3, -0.25) is 9.78 Å². The van der Waals surface area contributed by atoms with E-state index in [9.17, 15) is 4.79 Å². The Balaban J connectivity index is 1.65. The molecular weight excluding hydrogens is 394 g/mol. The molecule has 0 saturated carbocycles. The Morgan fingerprint density at radius 1 is 1.00 bits per heavy atom. The third kappa shape index (κ3) is 4.75. The maximum Gasteiger partial charge on any atom is 0.221 e. The molecule has 0 radical (unpaired) electrons. The van der Waals surface area contributed by atoms with Crippen LogP contribution in [-0.2, 0) is 23.8 Å². The van der Waals surface area contributed by atoms with Crippen LogP contribution in [0, 0.1) is 0 Å². The maximum atomic E-state index is 13.0. The van der Waals surface area contributed by atoms with Gasteiger partial charge in [0.25, 0.3) is 0 Å². The number of hydrogen-bond donors (Lipinski definition) is 1. The summed E-state index contributed by atoms with van der Waals surface area (Å²) in [6, 6.07) is 21.0. The van der Waals surface area contributed by atoms with Crippen LogP contribution in [0.25, 0.3) is 10.9 Å². The third-order valence-corrected chi connectivity index (χ3v) is 6.11. The van der Waals surface area contributed by atoms with Crippen LogP contribution in [0.1, 0.15) is 55.4 Å². The number of para-hydroxylation sites is 1. The summed E-state index contributed by atoms with van der Waals surface area (Å²) in [5.74, 6) is 0.0206. The van der Waals surface area contributed by atoms with Crippen LogP contribution in [0.3, 0.4) is 0 Å². The molecule has 1 N–H and O–H groups in total. The average molecular weight is 426 g/mol. The number of benzene rings is 2. The molecule has 0 fully saturated rings. The number of pyridine rings is 1. The Bertz CT molecular complexity index is 1200. The standard InChI is InChI=1S/C28H31N3O/c1-28(2,3)22-11-9-21(10-12-22)24(17-27(32)30-18-20-13-15-29-16-14-20)25-19-31(4)26-8-6-5-7-23(25)26/h5-16,19,24H,17-18H2,1-4H3,(H,30,32)/t24-/m0/s1. The van der Waals surface area contributed by atoms with Crippen LogP contribution in [0.5, 0.6) is 0 Å². The van der Waals surface area contributed by atoms with Crippen molar-refractivity contribution in [1.82, 2.24) is 14.9 Å². The highest BCUT2D eigenvalue weighted by Gasteiger charge is 2.23. The van der Waals surface area contributed by atoms with E-state index in [1.807, 2.05) is 12.1 Å². The molecule has 0 aliphatic heterocycles. The van der Waals surface area contributed by atoms with Crippen molar-refractivity contribution in [1.29, 1.82) is 0 Å². The van der Waals surface area contributed by atoms with Gasteiger partial charge in [0.05, 0.1) is 0 Å². The number of carbonyl (C=O) groups is 1. The highest BCUT2D eigenvalue weighted by molar-refractivity contribution is 5.86. The van der Waals surface area contributed by atoms with Gasteiger partial charge >= 0.3 is 0 Å². The number of rotatable bonds is 6. The number of amides is 1. The van der Waals surface area contributed by atoms with Crippen LogP contribution < -0.4 is 5.32 Å². The fourth-order valence-corrected chi connectivity index (χ4v) is 4.23. The molecule has 2 aromatic heterocycles. The lowest BCUT2D eigenvalue weighted by molar-refractivity contribution is -0.121. The Morgan fingerprint density at radius 3 is 2.38 bits per heavy atom. The molecule has 4 rings (SSSR count). The lowest BCUT2D eigenvalue weighted by atomic mass is 9.83. The molecule has 1 amide bonds. The Labute approximate surface area is 190 Å². The summed E-state index contributed by atoms with van der Waals surface area (Å²) < 4.78 is 2.15. The molecule has 4 nitrogen and oxygen atoms in total. The molecule has 0 bridgehead atoms. The van der Waals surface area contributed by atoms with E-state index in [1.165, 1.54) is 22.0 Å². The number of nitrogens with zero attached hydrogens (tertiary/aromatic N) is 2. The van der Waals surface area contributed by atoms with Crippen molar-refractivity contribution in [2.75, 3.05) is 0 Å². The summed E-state index contributed by atoms with van der Waals surface area (Å²) in [5.41, 5.74) is 5.95. The van der Waals surface area contributed by atoms with E-state index in [2.05, 4.69) is 97.4 Å². The third-order valence-electron chi connectivity index (χ3n) is 6.11. The summed E-state index contributed by atoms with van der Waals surface area (Å²) in [4.78, 5) is 17.0. The average Bonchev–Trinajstić information content (AvgIpc) is 3.13. The van der Waals surface area contributed by atoms with Gasteiger partial charge in [0, 0.05) is 55.4 Å². The SMILES string of the molecule is Cn1cc([C@@H](CC(=O)NCc2ccncc2)c2ccc(C(C)(C)C)cc2)c2ccccc21. The molecule has 2 aromatic carbocycles. The van der Waals surface area contributed by atoms with E-state index in [0.717, 1.165) is 11.1 Å². The van der Waals surface area contributed by atoms with Crippen LogP contribution in [0.2, 0.25) is 0 Å². The van der Waals surface area contributed by atoms with Crippen molar-refractivity contribution in [3.8, 4) is 0 Å². The minimum absolute atomic E-state index is 0.0208. The molecule has 1 atom stereocenters. The quantitative estimate of drug-likeness (QED) is 0.430. The maximum absolute atomic E-state index is 13.0. The number of hydrogen-bond acceptors (Lipinski definition) is 2. The van der Waals surface area contributed by atoms with Crippen molar-refractivity contribution in [3.05, 3.63) is 102 Å². The normalized spacial score (nSPS) is 12.6. The molecule has 4 heteroatoms. The Morgan fingerprint density at radius 2 is 1.69 bits per heavy atom. The van der Waals surface area contributed by atoms with Gasteiger partial charge in [0.2, 0.25) is 5.91 Å². The van der Waals surface area contributed by atoms with E-state index in [0.29, 0.717) is 13.0 Å². The van der Waals surface area contributed by atoms with Crippen molar-refractivity contribution >= 4 is 16.8 Å². The lowest BCUT2D eigenvalue weighted by Crippen LogP contribution is -2.25. The fraction of sp³-hybridized carbons (Fsp3) is 0.286. The number of fused-ring (bicyclic) bond motifs is 1. The topological polar surface area (TPSA) is 46.9 Å². The zero-order valence-corrected chi connectivity index (χ0v) is 19.3. The second kappa shape index (κ2) is 8.99. The first-order valence-electron chi connectivity index (χ1n) is 11.1. The predicted molar refractivity (Wildman–Crippen MR) is 131 cm³/mol. The monoisotopic (exact) mass is 425 g/mol. The largest absolute Gasteiger partial charge is 0.352 e. The molecular formula is C28H31N3O. The molecule has 0 spiro atoms. The van der Waals surface area contributed by atoms with Gasteiger partial charge in [0.1, 0.15) is 0 Å². The molecule has 32 heavy (non-hydrogen) atoms. The summed E-state index contributed by atoms with van der Waals surface area (Å²) >= 11 is 0. The Hall–Kier alpha value is -3.40. The molecule has 0 saturated heterocycles. The number of carbonyl (C=O) groups excluding carboxylic acids is 1. The van der Waals surface area contributed by atoms with E-state index in [-0.39, 0.29) is 17.2 Å². The van der Waals surface area contributed by atoms with Gasteiger partial charge < -0.3 is 9.88 Å². The predicted octanol–water partition coefficient (Wildman–Crippen LogP) is 5.71. The molecule has 0 aliphatic rings. The van der Waals surface area contributed by atoms with Gasteiger partial charge in [-0.1, -0.05) is 63.2 Å². The molecule has 0 unspecified atom stereocenters. The number of nitrogens with one attached hydrogen (secondary N) is 1. The second-order valence-electron chi connectivity index (χ2n) is 9.47. The Kier molecular flexibility index (Phi) is 6.13. The number of aromatic nitrogens is 2. The van der Waals surface area contributed by atoms with Gasteiger partial charge in [-0.25, -0.2) is 0 Å². The minimum Gasteiger partial charge on any atom is -0.352 e. The summed E-state index contributed by atoms with van der Waals surface area (Å²) in [6.45, 7) is 7.16. The zero-order valence-electron chi connectivity index (χ0n) is 19.3. The summed E-state index contributed by atoms with van der Waals surface area (Å²) in [7, 11) is 2.06. The van der Waals surface area contributed by atoms with Gasteiger partial charge in [0.15, 0.2) is 0 Å². The smallest absolute Gasteiger partial charge is 0.221 e. The van der Waals surface area contributed by atoms with Crippen LogP contribution in [-0.4, -0.2) is 15.5 Å². The minimum atomic E-state index is -0.0208. The zero-order chi connectivity index (χ0) is 22.7. The van der Waals surface area contributed by atoms with Crippen LogP contribution in [0.15, 0.2) is 79.3 Å². The van der Waals surface area contributed by atoms with Gasteiger partial charge in [-0.05, 0) is 45.9 Å². The van der Waals surface area contributed by atoms with Gasteiger partial charge in [-0.2, -0.15) is 0 Å². The molecule has 164 valence electrons. The van der Waals surface area contributed by atoms with Crippen molar-refractivity contribution in [3.63, 3.8) is 0 Å². The first-order valence-corrected chi connectivity index (χ1v) is 11.1. The fourth-order valence-electron chi connectivity index (χ4n) is 4.23. The van der Waals surface area contributed by atoms with E-state index in [4.69, 9.17) is 0 Å². The first-order chi connectivity index (χ1) is 15.3. The highest BCUT2D eigenvalue weighted by Crippen LogP contribution is 2.35. The molecule has 2 heterocycles. The molecule has 4 aromatic rings. The first kappa shape index (κ1) is 21.8. The van der Waals surface area contributed by atoms with Crippen LogP contribution in [0.4, 0.5) is 0 Å². The lowest BCUT2D eigenvalue weighted by Gasteiger charge is -2.22. The van der Waals surface area contributed by atoms with Crippen molar-refractivity contribution < 1.29 is 4.79 Å². The summed E-state index contributed by atoms with van der Waals surface area (Å²) in [6.07, 6.45) is 6.06. The number of aryl methyl sites for hydroxylation is 1. The summed E-state index contributed by atoms with van der Waals surface area (Å²) in [5, 5.41) is 4.28. The van der Waals surface area contributed by atoms with Crippen molar-refractivity contribution in [2.24, 2.45) is 7.05 Å².